The molecule has 1 N–H and O–H groups in total. The molecule has 230 valence electrons. The van der Waals surface area contributed by atoms with Crippen LogP contribution in [0.1, 0.15) is 61.4 Å². The van der Waals surface area contributed by atoms with Gasteiger partial charge in [-0.1, -0.05) is 29.8 Å². The van der Waals surface area contributed by atoms with Crippen LogP contribution in [0.5, 0.6) is 0 Å². The van der Waals surface area contributed by atoms with E-state index in [1.54, 1.807) is 12.1 Å². The van der Waals surface area contributed by atoms with Crippen LogP contribution in [0.25, 0.3) is 0 Å². The molecule has 2 aliphatic rings. The van der Waals surface area contributed by atoms with E-state index in [1.807, 2.05) is 12.1 Å². The summed E-state index contributed by atoms with van der Waals surface area (Å²) in [5.41, 5.74) is -0.261. The van der Waals surface area contributed by atoms with E-state index >= 15 is 0 Å². The Labute approximate surface area is 261 Å². The van der Waals surface area contributed by atoms with Crippen LogP contribution in [0.4, 0.5) is 24.8 Å². The van der Waals surface area contributed by atoms with E-state index in [4.69, 9.17) is 11.6 Å². The van der Waals surface area contributed by atoms with Crippen LogP contribution >= 0.6 is 11.6 Å². The third kappa shape index (κ3) is 6.74. The van der Waals surface area contributed by atoms with Gasteiger partial charge >= 0.3 is 0 Å². The van der Waals surface area contributed by atoms with Crippen molar-refractivity contribution < 1.29 is 27.6 Å². The molecule has 1 aliphatic heterocycles. The summed E-state index contributed by atoms with van der Waals surface area (Å²) in [6.45, 7) is 0. The Hall–Kier alpha value is -5.01. The second-order valence-corrected chi connectivity index (χ2v) is 11.2. The maximum absolute atomic E-state index is 14.9. The normalized spacial score (nSPS) is 18.5. The number of halogens is 4. The molecule has 1 saturated heterocycles. The summed E-state index contributed by atoms with van der Waals surface area (Å²) in [7, 11) is 0. The van der Waals surface area contributed by atoms with Crippen molar-refractivity contribution >= 4 is 41.0 Å². The average Bonchev–Trinajstić information content (AvgIpc) is 3.41. The minimum Gasteiger partial charge on any atom is -0.351 e. The number of aromatic nitrogens is 2. The molecule has 0 radical (unpaired) electrons. The highest BCUT2D eigenvalue weighted by Crippen LogP contribution is 2.38. The van der Waals surface area contributed by atoms with E-state index in [0.717, 1.165) is 21.9 Å². The first-order chi connectivity index (χ1) is 21.5. The standard InChI is InChI=1S/C31H25ClF3N7O3/c32-24-4-2-1-3-23(24)27(28(44)39-20-7-10-31(34,35)11-8-20)41(22-14-18(16-36)13-19(33)15-22)29(45)25-5-6-26(43)42(25)30-38-12-9-21(17-37)40-30/h1-4,9,12-15,20,25,27H,5-8,10-11H2,(H,39,44)/t25-,27-/m0/s1. The van der Waals surface area contributed by atoms with Gasteiger partial charge in [0.15, 0.2) is 0 Å². The number of benzene rings is 2. The molecular formula is C31H25ClF3N7O3. The van der Waals surface area contributed by atoms with Gasteiger partial charge in [-0.3, -0.25) is 24.2 Å². The van der Waals surface area contributed by atoms with E-state index < -0.39 is 60.4 Å². The summed E-state index contributed by atoms with van der Waals surface area (Å²) in [6.07, 6.45) is 0.210. The molecule has 45 heavy (non-hydrogen) atoms. The van der Waals surface area contributed by atoms with Crippen LogP contribution in [0.2, 0.25) is 5.02 Å². The highest BCUT2D eigenvalue weighted by Gasteiger charge is 2.45. The van der Waals surface area contributed by atoms with Crippen LogP contribution in [0.15, 0.2) is 54.7 Å². The topological polar surface area (TPSA) is 143 Å². The molecule has 2 atom stereocenters. The summed E-state index contributed by atoms with van der Waals surface area (Å²) in [6, 6.07) is 10.8. The Kier molecular flexibility index (Phi) is 9.02. The van der Waals surface area contributed by atoms with Crippen LogP contribution in [-0.4, -0.2) is 45.7 Å². The molecule has 0 spiro atoms. The molecule has 3 aromatic rings. The fourth-order valence-corrected chi connectivity index (χ4v) is 5.84. The summed E-state index contributed by atoms with van der Waals surface area (Å²) >= 11 is 6.55. The molecule has 3 amide bonds. The maximum atomic E-state index is 14.9. The number of amides is 3. The van der Waals surface area contributed by atoms with Crippen molar-refractivity contribution in [2.75, 3.05) is 9.80 Å². The van der Waals surface area contributed by atoms with Crippen molar-refractivity contribution in [1.29, 1.82) is 10.5 Å². The van der Waals surface area contributed by atoms with Gasteiger partial charge in [-0.15, -0.1) is 0 Å². The predicted octanol–water partition coefficient (Wildman–Crippen LogP) is 4.98. The summed E-state index contributed by atoms with van der Waals surface area (Å²) < 4.78 is 42.7. The summed E-state index contributed by atoms with van der Waals surface area (Å²) in [5, 5.41) is 21.8. The highest BCUT2D eigenvalue weighted by molar-refractivity contribution is 6.31. The molecule has 2 aromatic carbocycles. The molecule has 1 aromatic heterocycles. The Morgan fingerprint density at radius 1 is 1.09 bits per heavy atom. The zero-order valence-corrected chi connectivity index (χ0v) is 24.3. The largest absolute Gasteiger partial charge is 0.351 e. The molecule has 10 nitrogen and oxygen atoms in total. The van der Waals surface area contributed by atoms with Crippen LogP contribution in [0, 0.1) is 28.5 Å². The third-order valence-corrected chi connectivity index (χ3v) is 8.11. The minimum atomic E-state index is -2.86. The fraction of sp³-hybridized carbons (Fsp3) is 0.323. The number of nitriles is 2. The lowest BCUT2D eigenvalue weighted by Gasteiger charge is -2.37. The molecule has 0 bridgehead atoms. The Bertz CT molecular complexity index is 1730. The zero-order chi connectivity index (χ0) is 32.3. The lowest BCUT2D eigenvalue weighted by molar-refractivity contribution is -0.128. The van der Waals surface area contributed by atoms with Gasteiger partial charge in [-0.25, -0.2) is 23.1 Å². The number of alkyl halides is 2. The van der Waals surface area contributed by atoms with Gasteiger partial charge in [0.25, 0.3) is 5.91 Å². The monoisotopic (exact) mass is 635 g/mol. The molecule has 2 fully saturated rings. The fourth-order valence-electron chi connectivity index (χ4n) is 5.60. The van der Waals surface area contributed by atoms with Gasteiger partial charge in [0.05, 0.1) is 11.6 Å². The van der Waals surface area contributed by atoms with Crippen molar-refractivity contribution in [2.45, 2.75) is 62.6 Å². The maximum Gasteiger partial charge on any atom is 0.251 e. The van der Waals surface area contributed by atoms with Gasteiger partial charge in [0, 0.05) is 47.8 Å². The van der Waals surface area contributed by atoms with Gasteiger partial charge < -0.3 is 5.32 Å². The molecule has 14 heteroatoms. The molecule has 0 unspecified atom stereocenters. The number of nitrogens with one attached hydrogen (secondary N) is 1. The number of anilines is 2. The van der Waals surface area contributed by atoms with E-state index in [9.17, 15) is 38.1 Å². The highest BCUT2D eigenvalue weighted by atomic mass is 35.5. The lowest BCUT2D eigenvalue weighted by Crippen LogP contribution is -2.53. The quantitative estimate of drug-likeness (QED) is 0.386. The van der Waals surface area contributed by atoms with Crippen LogP contribution in [-0.2, 0) is 14.4 Å². The Morgan fingerprint density at radius 3 is 2.51 bits per heavy atom. The summed E-state index contributed by atoms with van der Waals surface area (Å²) in [4.78, 5) is 52.0. The Morgan fingerprint density at radius 2 is 1.82 bits per heavy atom. The number of hydrogen-bond acceptors (Lipinski definition) is 7. The van der Waals surface area contributed by atoms with E-state index in [2.05, 4.69) is 15.3 Å². The van der Waals surface area contributed by atoms with E-state index in [0.29, 0.717) is 0 Å². The SMILES string of the molecule is N#Cc1cc(F)cc(N(C(=O)[C@@H]2CCC(=O)N2c2nccc(C#N)n2)[C@H](C(=O)NC2CCC(F)(F)CC2)c2ccccc2Cl)c1. The second-order valence-electron chi connectivity index (χ2n) is 10.8. The lowest BCUT2D eigenvalue weighted by atomic mass is 9.91. The molecule has 1 aliphatic carbocycles. The number of carbonyl (C=O) groups is 3. The van der Waals surface area contributed by atoms with E-state index in [1.165, 1.54) is 30.5 Å². The van der Waals surface area contributed by atoms with Crippen molar-refractivity contribution in [3.05, 3.63) is 82.4 Å². The first-order valence-corrected chi connectivity index (χ1v) is 14.4. The number of carbonyl (C=O) groups excluding carboxylic acids is 3. The van der Waals surface area contributed by atoms with Crippen molar-refractivity contribution in [3.8, 4) is 12.1 Å². The molecule has 2 heterocycles. The van der Waals surface area contributed by atoms with Gasteiger partial charge in [-0.2, -0.15) is 10.5 Å². The number of nitrogens with zero attached hydrogens (tertiary/aromatic N) is 6. The summed E-state index contributed by atoms with van der Waals surface area (Å²) in [5.74, 6) is -6.11. The van der Waals surface area contributed by atoms with Gasteiger partial charge in [0.1, 0.15) is 29.7 Å². The Balaban J connectivity index is 1.64. The van der Waals surface area contributed by atoms with Gasteiger partial charge in [-0.05, 0) is 49.6 Å². The van der Waals surface area contributed by atoms with E-state index in [-0.39, 0.29) is 59.2 Å². The molecule has 1 saturated carbocycles. The van der Waals surface area contributed by atoms with Crippen LogP contribution < -0.4 is 15.1 Å². The first kappa shape index (κ1) is 31.4. The first-order valence-electron chi connectivity index (χ1n) is 14.0. The van der Waals surface area contributed by atoms with Crippen molar-refractivity contribution in [3.63, 3.8) is 0 Å². The molecular weight excluding hydrogens is 611 g/mol. The van der Waals surface area contributed by atoms with Crippen LogP contribution in [0.3, 0.4) is 0 Å². The van der Waals surface area contributed by atoms with Crippen molar-refractivity contribution in [2.24, 2.45) is 0 Å². The van der Waals surface area contributed by atoms with Crippen molar-refractivity contribution in [1.82, 2.24) is 15.3 Å². The smallest absolute Gasteiger partial charge is 0.251 e. The zero-order valence-electron chi connectivity index (χ0n) is 23.6. The third-order valence-electron chi connectivity index (χ3n) is 7.77. The number of rotatable bonds is 7. The minimum absolute atomic E-state index is 0.0159. The predicted molar refractivity (Wildman–Crippen MR) is 155 cm³/mol. The van der Waals surface area contributed by atoms with Gasteiger partial charge in [0.2, 0.25) is 23.7 Å². The number of hydrogen-bond donors (Lipinski definition) is 1. The molecule has 5 rings (SSSR count). The second kappa shape index (κ2) is 12.9. The average molecular weight is 636 g/mol.